The van der Waals surface area contributed by atoms with E-state index in [1.807, 2.05) is 42.5 Å². The van der Waals surface area contributed by atoms with Gasteiger partial charge in [-0.1, -0.05) is 41.9 Å². The van der Waals surface area contributed by atoms with Gasteiger partial charge in [0.15, 0.2) is 0 Å². The van der Waals surface area contributed by atoms with Gasteiger partial charge >= 0.3 is 0 Å². The number of para-hydroxylation sites is 1. The van der Waals surface area contributed by atoms with Gasteiger partial charge in [-0.2, -0.15) is 5.10 Å². The molecule has 6 heteroatoms. The van der Waals surface area contributed by atoms with Crippen LogP contribution in [0.15, 0.2) is 78.9 Å². The highest BCUT2D eigenvalue weighted by Gasteiger charge is 2.42. The molecular weight excluding hydrogens is 389 g/mol. The van der Waals surface area contributed by atoms with Crippen molar-refractivity contribution < 1.29 is 9.18 Å². The van der Waals surface area contributed by atoms with Crippen molar-refractivity contribution in [1.82, 2.24) is 10.2 Å². The van der Waals surface area contributed by atoms with Gasteiger partial charge in [0.1, 0.15) is 11.5 Å². The Morgan fingerprint density at radius 2 is 1.62 bits per heavy atom. The SMILES string of the molecule is O=C1c2[nH]nc(-c3ccc(F)cc3)c2C(c2ccc(Cl)cc2)N1c1ccccc1. The number of benzene rings is 3. The van der Waals surface area contributed by atoms with Crippen molar-refractivity contribution in [1.29, 1.82) is 0 Å². The van der Waals surface area contributed by atoms with Crippen molar-refractivity contribution in [2.45, 2.75) is 6.04 Å². The zero-order chi connectivity index (χ0) is 20.0. The number of nitrogens with one attached hydrogen (secondary N) is 1. The van der Waals surface area contributed by atoms with Crippen molar-refractivity contribution in [3.05, 3.63) is 107 Å². The van der Waals surface area contributed by atoms with Gasteiger partial charge in [0.25, 0.3) is 5.91 Å². The molecule has 3 aromatic carbocycles. The summed E-state index contributed by atoms with van der Waals surface area (Å²) in [5.74, 6) is -0.482. The van der Waals surface area contributed by atoms with E-state index in [2.05, 4.69) is 10.2 Å². The highest BCUT2D eigenvalue weighted by Crippen LogP contribution is 2.45. The van der Waals surface area contributed by atoms with Gasteiger partial charge in [-0.25, -0.2) is 4.39 Å². The molecule has 0 aliphatic carbocycles. The van der Waals surface area contributed by atoms with Crippen molar-refractivity contribution in [2.24, 2.45) is 0 Å². The molecule has 0 saturated heterocycles. The summed E-state index contributed by atoms with van der Waals surface area (Å²) in [6, 6.07) is 22.7. The monoisotopic (exact) mass is 403 g/mol. The van der Waals surface area contributed by atoms with E-state index in [1.165, 1.54) is 12.1 Å². The van der Waals surface area contributed by atoms with Crippen LogP contribution in [-0.4, -0.2) is 16.1 Å². The van der Waals surface area contributed by atoms with E-state index in [0.717, 1.165) is 22.4 Å². The topological polar surface area (TPSA) is 49.0 Å². The molecule has 1 amide bonds. The Morgan fingerprint density at radius 1 is 0.931 bits per heavy atom. The average Bonchev–Trinajstić information content (AvgIpc) is 3.29. The standard InChI is InChI=1S/C23H15ClFN3O/c24-16-10-6-15(7-11-16)22-19-20(14-8-12-17(25)13-9-14)26-27-21(19)23(29)28(22)18-4-2-1-3-5-18/h1-13,22H,(H,26,27). The summed E-state index contributed by atoms with van der Waals surface area (Å²) < 4.78 is 13.4. The first-order valence-corrected chi connectivity index (χ1v) is 9.49. The molecule has 0 radical (unpaired) electrons. The molecule has 29 heavy (non-hydrogen) atoms. The van der Waals surface area contributed by atoms with Gasteiger partial charge in [-0.3, -0.25) is 14.8 Å². The van der Waals surface area contributed by atoms with E-state index in [1.54, 1.807) is 29.2 Å². The van der Waals surface area contributed by atoms with Gasteiger partial charge < -0.3 is 0 Å². The Hall–Kier alpha value is -3.44. The van der Waals surface area contributed by atoms with Crippen LogP contribution < -0.4 is 4.90 Å². The summed E-state index contributed by atoms with van der Waals surface area (Å²) >= 11 is 6.09. The maximum Gasteiger partial charge on any atom is 0.277 e. The number of carbonyl (C=O) groups is 1. The van der Waals surface area contributed by atoms with Crippen LogP contribution in [0.5, 0.6) is 0 Å². The molecule has 142 valence electrons. The summed E-state index contributed by atoms with van der Waals surface area (Å²) in [5.41, 5.74) is 4.28. The van der Waals surface area contributed by atoms with Crippen LogP contribution in [-0.2, 0) is 0 Å². The lowest BCUT2D eigenvalue weighted by molar-refractivity contribution is 0.0989. The number of rotatable bonds is 3. The van der Waals surface area contributed by atoms with E-state index >= 15 is 0 Å². The van der Waals surface area contributed by atoms with Crippen LogP contribution >= 0.6 is 11.6 Å². The maximum atomic E-state index is 13.4. The highest BCUT2D eigenvalue weighted by atomic mass is 35.5. The molecule has 2 heterocycles. The van der Waals surface area contributed by atoms with Gasteiger partial charge in [-0.15, -0.1) is 0 Å². The van der Waals surface area contributed by atoms with Gasteiger partial charge in [0, 0.05) is 21.8 Å². The molecule has 4 aromatic rings. The minimum absolute atomic E-state index is 0.160. The number of hydrogen-bond acceptors (Lipinski definition) is 2. The van der Waals surface area contributed by atoms with E-state index in [0.29, 0.717) is 16.4 Å². The second-order valence-corrected chi connectivity index (χ2v) is 7.27. The molecule has 1 aromatic heterocycles. The Morgan fingerprint density at radius 3 is 2.31 bits per heavy atom. The van der Waals surface area contributed by atoms with Crippen molar-refractivity contribution in [3.63, 3.8) is 0 Å². The first kappa shape index (κ1) is 17.6. The van der Waals surface area contributed by atoms with E-state index in [4.69, 9.17) is 11.6 Å². The summed E-state index contributed by atoms with van der Waals surface area (Å²) in [5, 5.41) is 7.91. The summed E-state index contributed by atoms with van der Waals surface area (Å²) in [6.07, 6.45) is 0. The lowest BCUT2D eigenvalue weighted by atomic mass is 9.96. The molecule has 4 nitrogen and oxygen atoms in total. The van der Waals surface area contributed by atoms with Crippen LogP contribution in [0.4, 0.5) is 10.1 Å². The number of halogens is 2. The molecule has 0 saturated carbocycles. The number of hydrogen-bond donors (Lipinski definition) is 1. The minimum Gasteiger partial charge on any atom is -0.295 e. The van der Waals surface area contributed by atoms with E-state index < -0.39 is 0 Å². The molecule has 0 bridgehead atoms. The number of aromatic amines is 1. The van der Waals surface area contributed by atoms with Crippen molar-refractivity contribution in [3.8, 4) is 11.3 Å². The summed E-state index contributed by atoms with van der Waals surface area (Å²) in [4.78, 5) is 15.1. The second-order valence-electron chi connectivity index (χ2n) is 6.83. The fraction of sp³-hybridized carbons (Fsp3) is 0.0435. The predicted molar refractivity (Wildman–Crippen MR) is 111 cm³/mol. The fourth-order valence-electron chi connectivity index (χ4n) is 3.79. The van der Waals surface area contributed by atoms with Gasteiger partial charge in [-0.05, 0) is 54.1 Å². The van der Waals surface area contributed by atoms with Gasteiger partial charge in [0.05, 0.1) is 11.7 Å². The number of carbonyl (C=O) groups excluding carboxylic acids is 1. The summed E-state index contributed by atoms with van der Waals surface area (Å²) in [7, 11) is 0. The molecular formula is C23H15ClFN3O. The Balaban J connectivity index is 1.72. The minimum atomic E-state index is -0.379. The normalized spacial score (nSPS) is 15.6. The molecule has 1 unspecified atom stereocenters. The molecule has 0 spiro atoms. The first-order chi connectivity index (χ1) is 14.1. The molecule has 1 N–H and O–H groups in total. The van der Waals surface area contributed by atoms with Crippen LogP contribution in [0.25, 0.3) is 11.3 Å². The quantitative estimate of drug-likeness (QED) is 0.482. The summed E-state index contributed by atoms with van der Waals surface area (Å²) in [6.45, 7) is 0. The maximum absolute atomic E-state index is 13.4. The predicted octanol–water partition coefficient (Wildman–Crippen LogP) is 5.62. The van der Waals surface area contributed by atoms with Crippen LogP contribution in [0, 0.1) is 5.82 Å². The second kappa shape index (κ2) is 6.87. The number of aromatic nitrogens is 2. The highest BCUT2D eigenvalue weighted by molar-refractivity contribution is 6.30. The van der Waals surface area contributed by atoms with Crippen molar-refractivity contribution >= 4 is 23.2 Å². The molecule has 1 atom stereocenters. The van der Waals surface area contributed by atoms with Crippen LogP contribution in [0.1, 0.15) is 27.7 Å². The van der Waals surface area contributed by atoms with Crippen LogP contribution in [0.2, 0.25) is 5.02 Å². The first-order valence-electron chi connectivity index (χ1n) is 9.12. The number of H-pyrrole nitrogens is 1. The van der Waals surface area contributed by atoms with Gasteiger partial charge in [0.2, 0.25) is 0 Å². The number of fused-ring (bicyclic) bond motifs is 1. The molecule has 1 aliphatic heterocycles. The molecule has 5 rings (SSSR count). The lowest BCUT2D eigenvalue weighted by Crippen LogP contribution is -2.29. The van der Waals surface area contributed by atoms with E-state index in [-0.39, 0.29) is 17.8 Å². The Labute approximate surface area is 171 Å². The molecule has 0 fully saturated rings. The number of anilines is 1. The zero-order valence-corrected chi connectivity index (χ0v) is 15.9. The number of nitrogens with zero attached hydrogens (tertiary/aromatic N) is 2. The molecule has 1 aliphatic rings. The van der Waals surface area contributed by atoms with Crippen molar-refractivity contribution in [2.75, 3.05) is 4.90 Å². The van der Waals surface area contributed by atoms with E-state index in [9.17, 15) is 9.18 Å². The largest absolute Gasteiger partial charge is 0.295 e. The zero-order valence-electron chi connectivity index (χ0n) is 15.1. The average molecular weight is 404 g/mol. The third-order valence-electron chi connectivity index (χ3n) is 5.11. The number of amides is 1. The Kier molecular flexibility index (Phi) is 4.18. The lowest BCUT2D eigenvalue weighted by Gasteiger charge is -2.26. The van der Waals surface area contributed by atoms with Crippen LogP contribution in [0.3, 0.4) is 0 Å². The fourth-order valence-corrected chi connectivity index (χ4v) is 3.92. The smallest absolute Gasteiger partial charge is 0.277 e. The third kappa shape index (κ3) is 2.91. The Bertz CT molecular complexity index is 1190. The third-order valence-corrected chi connectivity index (χ3v) is 5.36.